The van der Waals surface area contributed by atoms with Crippen LogP contribution in [0.1, 0.15) is 31.4 Å². The fourth-order valence-electron chi connectivity index (χ4n) is 2.67. The van der Waals surface area contributed by atoms with Gasteiger partial charge in [-0.05, 0) is 25.3 Å². The average Bonchev–Trinajstić information content (AvgIpc) is 2.34. The lowest BCUT2D eigenvalue weighted by Gasteiger charge is -2.33. The van der Waals surface area contributed by atoms with Gasteiger partial charge < -0.3 is 10.1 Å². The third kappa shape index (κ3) is 3.82. The standard InChI is InChI=1S/C16H25NO/c1-12(2)17-16-8-9-18-11-15(16)10-14-6-4-13(3)5-7-14/h4-7,12,15-17H,8-11H2,1-3H3/t15-,16+/m1/s1. The van der Waals surface area contributed by atoms with Gasteiger partial charge in [-0.2, -0.15) is 0 Å². The number of rotatable bonds is 4. The van der Waals surface area contributed by atoms with Gasteiger partial charge in [-0.25, -0.2) is 0 Å². The highest BCUT2D eigenvalue weighted by molar-refractivity contribution is 5.22. The van der Waals surface area contributed by atoms with Crippen molar-refractivity contribution < 1.29 is 4.74 Å². The lowest BCUT2D eigenvalue weighted by molar-refractivity contribution is 0.0300. The SMILES string of the molecule is Cc1ccc(C[C@@H]2COCC[C@@H]2NC(C)C)cc1. The van der Waals surface area contributed by atoms with Crippen molar-refractivity contribution in [3.05, 3.63) is 35.4 Å². The molecule has 1 heterocycles. The number of aryl methyl sites for hydroxylation is 1. The monoisotopic (exact) mass is 247 g/mol. The van der Waals surface area contributed by atoms with Gasteiger partial charge in [0.1, 0.15) is 0 Å². The quantitative estimate of drug-likeness (QED) is 0.883. The Morgan fingerprint density at radius 3 is 2.67 bits per heavy atom. The summed E-state index contributed by atoms with van der Waals surface area (Å²) in [6.07, 6.45) is 2.25. The average molecular weight is 247 g/mol. The first-order valence-corrected chi connectivity index (χ1v) is 7.04. The van der Waals surface area contributed by atoms with E-state index in [1.807, 2.05) is 0 Å². The number of ether oxygens (including phenoxy) is 1. The molecule has 1 saturated heterocycles. The topological polar surface area (TPSA) is 21.3 Å². The number of hydrogen-bond donors (Lipinski definition) is 1. The summed E-state index contributed by atoms with van der Waals surface area (Å²) in [4.78, 5) is 0. The van der Waals surface area contributed by atoms with E-state index in [-0.39, 0.29) is 0 Å². The number of hydrogen-bond acceptors (Lipinski definition) is 2. The Kier molecular flexibility index (Phi) is 4.79. The van der Waals surface area contributed by atoms with Crippen LogP contribution in [0.25, 0.3) is 0 Å². The van der Waals surface area contributed by atoms with Crippen molar-refractivity contribution in [2.75, 3.05) is 13.2 Å². The molecule has 0 saturated carbocycles. The van der Waals surface area contributed by atoms with E-state index in [1.54, 1.807) is 0 Å². The van der Waals surface area contributed by atoms with Gasteiger partial charge in [0.2, 0.25) is 0 Å². The van der Waals surface area contributed by atoms with Crippen molar-refractivity contribution in [3.8, 4) is 0 Å². The number of benzene rings is 1. The fraction of sp³-hybridized carbons (Fsp3) is 0.625. The van der Waals surface area contributed by atoms with Gasteiger partial charge >= 0.3 is 0 Å². The van der Waals surface area contributed by atoms with Crippen LogP contribution in [0.2, 0.25) is 0 Å². The summed E-state index contributed by atoms with van der Waals surface area (Å²) in [6, 6.07) is 10.0. The van der Waals surface area contributed by atoms with Crippen molar-refractivity contribution >= 4 is 0 Å². The summed E-state index contributed by atoms with van der Waals surface area (Å²) in [6.45, 7) is 8.36. The molecule has 1 aromatic carbocycles. The summed E-state index contributed by atoms with van der Waals surface area (Å²) in [7, 11) is 0. The summed E-state index contributed by atoms with van der Waals surface area (Å²) in [5.41, 5.74) is 2.75. The van der Waals surface area contributed by atoms with Crippen LogP contribution >= 0.6 is 0 Å². The Labute approximate surface area is 111 Å². The van der Waals surface area contributed by atoms with Crippen molar-refractivity contribution in [2.45, 2.75) is 45.7 Å². The van der Waals surface area contributed by atoms with Gasteiger partial charge in [0, 0.05) is 24.6 Å². The van der Waals surface area contributed by atoms with Crippen LogP contribution in [0.15, 0.2) is 24.3 Å². The molecule has 1 aliphatic heterocycles. The minimum Gasteiger partial charge on any atom is -0.381 e. The van der Waals surface area contributed by atoms with Gasteiger partial charge in [-0.1, -0.05) is 43.7 Å². The summed E-state index contributed by atoms with van der Waals surface area (Å²) in [5, 5.41) is 3.68. The number of nitrogens with one attached hydrogen (secondary N) is 1. The van der Waals surface area contributed by atoms with E-state index in [1.165, 1.54) is 11.1 Å². The maximum absolute atomic E-state index is 5.65. The van der Waals surface area contributed by atoms with E-state index in [0.29, 0.717) is 18.0 Å². The first-order valence-electron chi connectivity index (χ1n) is 7.04. The Hall–Kier alpha value is -0.860. The molecule has 0 unspecified atom stereocenters. The van der Waals surface area contributed by atoms with Crippen molar-refractivity contribution in [2.24, 2.45) is 5.92 Å². The minimum atomic E-state index is 0.550. The molecule has 1 aromatic rings. The second-order valence-corrected chi connectivity index (χ2v) is 5.74. The maximum atomic E-state index is 5.65. The fourth-order valence-corrected chi connectivity index (χ4v) is 2.67. The second kappa shape index (κ2) is 6.35. The van der Waals surface area contributed by atoms with Crippen LogP contribution in [0, 0.1) is 12.8 Å². The molecule has 0 aromatic heterocycles. The van der Waals surface area contributed by atoms with E-state index < -0.39 is 0 Å². The zero-order valence-electron chi connectivity index (χ0n) is 11.8. The molecule has 2 rings (SSSR count). The highest BCUT2D eigenvalue weighted by Crippen LogP contribution is 2.20. The zero-order valence-corrected chi connectivity index (χ0v) is 11.8. The molecular weight excluding hydrogens is 222 g/mol. The molecule has 1 N–H and O–H groups in total. The highest BCUT2D eigenvalue weighted by Gasteiger charge is 2.26. The molecule has 0 spiro atoms. The Morgan fingerprint density at radius 2 is 2.00 bits per heavy atom. The molecule has 0 aliphatic carbocycles. The molecule has 0 amide bonds. The normalized spacial score (nSPS) is 24.4. The lowest BCUT2D eigenvalue weighted by atomic mass is 9.89. The van der Waals surface area contributed by atoms with Gasteiger partial charge in [0.25, 0.3) is 0 Å². The summed E-state index contributed by atoms with van der Waals surface area (Å²) in [5.74, 6) is 0.601. The summed E-state index contributed by atoms with van der Waals surface area (Å²) < 4.78 is 5.65. The minimum absolute atomic E-state index is 0.550. The lowest BCUT2D eigenvalue weighted by Crippen LogP contribution is -2.46. The third-order valence-corrected chi connectivity index (χ3v) is 3.64. The van der Waals surface area contributed by atoms with E-state index in [2.05, 4.69) is 50.4 Å². The molecule has 1 aliphatic rings. The van der Waals surface area contributed by atoms with Crippen LogP contribution < -0.4 is 5.32 Å². The van der Waals surface area contributed by atoms with Gasteiger partial charge in [-0.3, -0.25) is 0 Å². The first kappa shape index (κ1) is 13.6. The molecule has 100 valence electrons. The second-order valence-electron chi connectivity index (χ2n) is 5.74. The van der Waals surface area contributed by atoms with E-state index in [4.69, 9.17) is 4.74 Å². The van der Waals surface area contributed by atoms with Gasteiger partial charge in [-0.15, -0.1) is 0 Å². The summed E-state index contributed by atoms with van der Waals surface area (Å²) >= 11 is 0. The molecule has 2 nitrogen and oxygen atoms in total. The Balaban J connectivity index is 1.98. The van der Waals surface area contributed by atoms with Crippen molar-refractivity contribution in [3.63, 3.8) is 0 Å². The molecule has 2 atom stereocenters. The maximum Gasteiger partial charge on any atom is 0.0512 e. The molecular formula is C16H25NO. The van der Waals surface area contributed by atoms with Crippen LogP contribution in [-0.4, -0.2) is 25.3 Å². The van der Waals surface area contributed by atoms with E-state index in [0.717, 1.165) is 26.1 Å². The third-order valence-electron chi connectivity index (χ3n) is 3.64. The van der Waals surface area contributed by atoms with Crippen LogP contribution in [0.4, 0.5) is 0 Å². The predicted molar refractivity (Wildman–Crippen MR) is 75.9 cm³/mol. The smallest absolute Gasteiger partial charge is 0.0512 e. The Bertz CT molecular complexity index is 358. The van der Waals surface area contributed by atoms with Gasteiger partial charge in [0.15, 0.2) is 0 Å². The molecule has 1 fully saturated rings. The van der Waals surface area contributed by atoms with Crippen molar-refractivity contribution in [1.82, 2.24) is 5.32 Å². The van der Waals surface area contributed by atoms with Crippen LogP contribution in [0.3, 0.4) is 0 Å². The highest BCUT2D eigenvalue weighted by atomic mass is 16.5. The molecule has 0 bridgehead atoms. The predicted octanol–water partition coefficient (Wildman–Crippen LogP) is 2.94. The Morgan fingerprint density at radius 1 is 1.28 bits per heavy atom. The van der Waals surface area contributed by atoms with Gasteiger partial charge in [0.05, 0.1) is 6.61 Å². The first-order chi connectivity index (χ1) is 8.65. The molecule has 18 heavy (non-hydrogen) atoms. The molecule has 2 heteroatoms. The van der Waals surface area contributed by atoms with Crippen LogP contribution in [0.5, 0.6) is 0 Å². The largest absolute Gasteiger partial charge is 0.381 e. The molecule has 0 radical (unpaired) electrons. The van der Waals surface area contributed by atoms with Crippen molar-refractivity contribution in [1.29, 1.82) is 0 Å². The van der Waals surface area contributed by atoms with E-state index in [9.17, 15) is 0 Å². The van der Waals surface area contributed by atoms with E-state index >= 15 is 0 Å². The van der Waals surface area contributed by atoms with Crippen LogP contribution in [-0.2, 0) is 11.2 Å². The zero-order chi connectivity index (χ0) is 13.0.